The predicted molar refractivity (Wildman–Crippen MR) is 315 cm³/mol. The monoisotopic (exact) mass is 988 g/mol. The number of para-hydroxylation sites is 2. The fourth-order valence-electron chi connectivity index (χ4n) is 12.3. The Bertz CT molecular complexity index is 5070. The highest BCUT2D eigenvalue weighted by molar-refractivity contribution is 7.27. The van der Waals surface area contributed by atoms with E-state index in [0.29, 0.717) is 22.5 Å². The van der Waals surface area contributed by atoms with Crippen LogP contribution in [0.5, 0.6) is 0 Å². The maximum absolute atomic E-state index is 12.1. The Morgan fingerprint density at radius 3 is 1.53 bits per heavy atom. The van der Waals surface area contributed by atoms with Crippen molar-refractivity contribution in [2.24, 2.45) is 0 Å². The molecule has 5 aromatic heterocycles. The summed E-state index contributed by atoms with van der Waals surface area (Å²) in [6, 6.07) is 79.4. The highest BCUT2D eigenvalue weighted by atomic mass is 32.1. The first kappa shape index (κ1) is 41.8. The molecule has 0 aliphatic carbocycles. The molecule has 0 N–H and O–H groups in total. The summed E-state index contributed by atoms with van der Waals surface area (Å²) in [5.41, 5.74) is 12.9. The number of hydrogen-bond donors (Lipinski definition) is 0. The lowest BCUT2D eigenvalue weighted by Crippen LogP contribution is -2.08. The van der Waals surface area contributed by atoms with Crippen LogP contribution in [0, 0.1) is 17.9 Å². The third-order valence-corrected chi connectivity index (χ3v) is 17.8. The van der Waals surface area contributed by atoms with Gasteiger partial charge in [0.25, 0.3) is 0 Å². The molecule has 346 valence electrons. The van der Waals surface area contributed by atoms with Crippen LogP contribution in [-0.2, 0) is 0 Å². The van der Waals surface area contributed by atoms with Crippen molar-refractivity contribution in [3.8, 4) is 50.8 Å². The number of benzene rings is 11. The minimum atomic E-state index is 0.407. The average molecular weight is 989 g/mol. The number of hydrogen-bond acceptors (Lipinski definition) is 4. The topological polar surface area (TPSA) is 51.1 Å². The molecule has 0 amide bonds. The molecule has 0 unspecified atom stereocenters. The molecular formula is C68H36N4OS2. The van der Waals surface area contributed by atoms with Gasteiger partial charge in [-0.1, -0.05) is 188 Å². The van der Waals surface area contributed by atoms with Crippen LogP contribution < -0.4 is 0 Å². The summed E-state index contributed by atoms with van der Waals surface area (Å²) in [6.07, 6.45) is 0. The van der Waals surface area contributed by atoms with Crippen molar-refractivity contribution in [2.75, 3.05) is 0 Å². The summed E-state index contributed by atoms with van der Waals surface area (Å²) in [5, 5.41) is 23.0. The lowest BCUT2D eigenvalue weighted by atomic mass is 9.88. The summed E-state index contributed by atoms with van der Waals surface area (Å²) in [4.78, 5) is 4.66. The molecule has 16 aromatic rings. The first-order valence-electron chi connectivity index (χ1n) is 24.9. The average Bonchev–Trinajstić information content (AvgIpc) is 4.44. The van der Waals surface area contributed by atoms with Gasteiger partial charge in [0.1, 0.15) is 17.2 Å². The number of aromatic nitrogens is 2. The molecule has 0 radical (unpaired) electrons. The van der Waals surface area contributed by atoms with E-state index in [0.717, 1.165) is 119 Å². The third-order valence-electron chi connectivity index (χ3n) is 15.4. The SMILES string of the molecule is [C-]#[N+]c1c(-c2ccccc2)c(C#N)c(-n2c3ccccc3c3c4oc5c(-c6ccccc6)cccc5c4ccc32)c(-c2ccccc2)c1-n1c2c(ccc3c4ccccc4sc32)c2ccc3c4ccccc4sc3c21. The predicted octanol–water partition coefficient (Wildman–Crippen LogP) is 19.9. The Balaban J connectivity index is 1.16. The van der Waals surface area contributed by atoms with E-state index in [1.165, 1.54) is 20.2 Å². The van der Waals surface area contributed by atoms with Crippen LogP contribution in [0.1, 0.15) is 5.56 Å². The van der Waals surface area contributed by atoms with Crippen molar-refractivity contribution in [1.29, 1.82) is 5.26 Å². The fraction of sp³-hybridized carbons (Fsp3) is 0. The van der Waals surface area contributed by atoms with Gasteiger partial charge >= 0.3 is 0 Å². The van der Waals surface area contributed by atoms with E-state index in [-0.39, 0.29) is 0 Å². The standard InChI is InChI=1S/C68H36N4OS2/c1-70-60-57(40-20-7-3-8-21-40)52(38-69)61(71-53-29-14-11-26-51(53)59-54(71)37-36-48-47-28-17-27-42(65(47)73-66(48)59)39-18-5-2-6-19-39)58(41-22-9-4-10-23-41)64(60)72-62-45(32-34-49-43-24-12-15-30-55(43)74-67(49)62)46-33-35-50-44-25-13-16-31-56(44)75-68(50)63(46)72/h2-37H. The number of furan rings is 1. The Morgan fingerprint density at radius 2 is 0.920 bits per heavy atom. The zero-order valence-electron chi connectivity index (χ0n) is 39.8. The lowest BCUT2D eigenvalue weighted by molar-refractivity contribution is 0.674. The van der Waals surface area contributed by atoms with Gasteiger partial charge in [0, 0.05) is 74.6 Å². The molecule has 0 spiro atoms. The van der Waals surface area contributed by atoms with E-state index in [4.69, 9.17) is 4.42 Å². The smallest absolute Gasteiger partial charge is 0.220 e. The summed E-state index contributed by atoms with van der Waals surface area (Å²) >= 11 is 3.59. The van der Waals surface area contributed by atoms with Gasteiger partial charge in [0.2, 0.25) is 5.69 Å². The second-order valence-corrected chi connectivity index (χ2v) is 21.3. The van der Waals surface area contributed by atoms with E-state index < -0.39 is 0 Å². The number of fused-ring (bicyclic) bond motifs is 18. The molecule has 0 aliphatic rings. The molecule has 0 atom stereocenters. The van der Waals surface area contributed by atoms with Crippen LogP contribution >= 0.6 is 22.7 Å². The van der Waals surface area contributed by atoms with Gasteiger partial charge in [0.05, 0.1) is 60.4 Å². The molecule has 16 rings (SSSR count). The number of thiophene rings is 2. The van der Waals surface area contributed by atoms with Crippen LogP contribution in [0.15, 0.2) is 223 Å². The first-order valence-corrected chi connectivity index (χ1v) is 26.6. The van der Waals surface area contributed by atoms with Crippen molar-refractivity contribution in [2.45, 2.75) is 0 Å². The number of nitriles is 1. The van der Waals surface area contributed by atoms with Gasteiger partial charge in [-0.3, -0.25) is 0 Å². The van der Waals surface area contributed by atoms with Crippen molar-refractivity contribution >= 4 is 134 Å². The van der Waals surface area contributed by atoms with Crippen LogP contribution in [0.2, 0.25) is 0 Å². The normalized spacial score (nSPS) is 12.0. The van der Waals surface area contributed by atoms with Crippen molar-refractivity contribution in [3.63, 3.8) is 0 Å². The Labute approximate surface area is 436 Å². The second-order valence-electron chi connectivity index (χ2n) is 19.2. The molecule has 0 saturated carbocycles. The number of nitrogens with zero attached hydrogens (tertiary/aromatic N) is 4. The molecule has 0 fully saturated rings. The van der Waals surface area contributed by atoms with E-state index in [1.54, 1.807) is 22.7 Å². The van der Waals surface area contributed by atoms with Crippen LogP contribution in [0.25, 0.3) is 155 Å². The van der Waals surface area contributed by atoms with Crippen LogP contribution in [0.3, 0.4) is 0 Å². The largest absolute Gasteiger partial charge is 0.455 e. The maximum Gasteiger partial charge on any atom is 0.220 e. The fourth-order valence-corrected chi connectivity index (χ4v) is 14.8. The Hall–Kier alpha value is -9.76. The van der Waals surface area contributed by atoms with Gasteiger partial charge in [0.15, 0.2) is 0 Å². The highest BCUT2D eigenvalue weighted by Gasteiger charge is 2.33. The minimum Gasteiger partial charge on any atom is -0.455 e. The van der Waals surface area contributed by atoms with E-state index in [1.807, 2.05) is 42.5 Å². The Kier molecular flexibility index (Phi) is 8.85. The van der Waals surface area contributed by atoms with Crippen LogP contribution in [-0.4, -0.2) is 9.13 Å². The molecule has 5 heterocycles. The minimum absolute atomic E-state index is 0.407. The van der Waals surface area contributed by atoms with Gasteiger partial charge in [-0.25, -0.2) is 4.85 Å². The molecule has 0 aliphatic heterocycles. The molecule has 0 saturated heterocycles. The summed E-state index contributed by atoms with van der Waals surface area (Å²) in [5.74, 6) is 0. The van der Waals surface area contributed by atoms with Crippen molar-refractivity contribution in [3.05, 3.63) is 235 Å². The highest BCUT2D eigenvalue weighted by Crippen LogP contribution is 2.55. The summed E-state index contributed by atoms with van der Waals surface area (Å²) < 4.78 is 16.6. The van der Waals surface area contributed by atoms with Gasteiger partial charge in [-0.05, 0) is 47.0 Å². The second kappa shape index (κ2) is 15.9. The van der Waals surface area contributed by atoms with E-state index in [9.17, 15) is 11.8 Å². The molecular weight excluding hydrogens is 953 g/mol. The summed E-state index contributed by atoms with van der Waals surface area (Å²) in [7, 11) is 0. The van der Waals surface area contributed by atoms with Crippen LogP contribution in [0.4, 0.5) is 5.69 Å². The van der Waals surface area contributed by atoms with Gasteiger partial charge in [-0.15, -0.1) is 22.7 Å². The first-order chi connectivity index (χ1) is 37.2. The van der Waals surface area contributed by atoms with Crippen molar-refractivity contribution in [1.82, 2.24) is 9.13 Å². The van der Waals surface area contributed by atoms with Gasteiger partial charge in [-0.2, -0.15) is 5.26 Å². The zero-order chi connectivity index (χ0) is 49.5. The zero-order valence-corrected chi connectivity index (χ0v) is 41.4. The third kappa shape index (κ3) is 5.74. The molecule has 11 aromatic carbocycles. The lowest BCUT2D eigenvalue weighted by Gasteiger charge is -2.26. The van der Waals surface area contributed by atoms with E-state index in [2.05, 4.69) is 196 Å². The molecule has 5 nitrogen and oxygen atoms in total. The molecule has 0 bridgehead atoms. The molecule has 7 heteroatoms. The maximum atomic E-state index is 12.1. The number of rotatable bonds is 5. The quantitative estimate of drug-likeness (QED) is 0.161. The van der Waals surface area contributed by atoms with E-state index >= 15 is 0 Å². The molecule has 75 heavy (non-hydrogen) atoms. The Morgan fingerprint density at radius 1 is 0.413 bits per heavy atom. The van der Waals surface area contributed by atoms with Gasteiger partial charge < -0.3 is 13.6 Å². The van der Waals surface area contributed by atoms with Crippen molar-refractivity contribution < 1.29 is 4.42 Å². The summed E-state index contributed by atoms with van der Waals surface area (Å²) in [6.45, 7) is 9.54.